The number of allylic oxidation sites excluding steroid dienone is 2. The molecule has 1 N–H and O–H groups in total. The van der Waals surface area contributed by atoms with Crippen LogP contribution in [-0.2, 0) is 0 Å². The van der Waals surface area contributed by atoms with Crippen LogP contribution in [0.25, 0.3) is 0 Å². The van der Waals surface area contributed by atoms with Crippen molar-refractivity contribution in [2.75, 3.05) is 0 Å². The predicted molar refractivity (Wildman–Crippen MR) is 42.2 cm³/mol. The number of nitrogens with one attached hydrogen (secondary N) is 1. The summed E-state index contributed by atoms with van der Waals surface area (Å²) in [6.07, 6.45) is 3.33. The molecule has 2 unspecified atom stereocenters. The lowest BCUT2D eigenvalue weighted by atomic mass is 10.3. The average Bonchev–Trinajstić information content (AvgIpc) is 2.43. The van der Waals surface area contributed by atoms with E-state index < -0.39 is 0 Å². The number of hydrogen-bond donors (Lipinski definition) is 1. The molecule has 0 aromatic carbocycles. The third kappa shape index (κ3) is 0.939. The molecule has 1 aliphatic carbocycles. The maximum absolute atomic E-state index is 4.48. The highest BCUT2D eigenvalue weighted by Gasteiger charge is 2.37. The van der Waals surface area contributed by atoms with Crippen LogP contribution in [0.2, 0.25) is 0 Å². The highest BCUT2D eigenvalue weighted by atomic mass is 15.1. The second-order valence-corrected chi connectivity index (χ2v) is 3.15. The SMILES string of the molecule is CC1=CC(C)=NC2CC2N1. The summed E-state index contributed by atoms with van der Waals surface area (Å²) in [7, 11) is 0. The van der Waals surface area contributed by atoms with Gasteiger partial charge in [-0.25, -0.2) is 0 Å². The smallest absolute Gasteiger partial charge is 0.0724 e. The Balaban J connectivity index is 2.23. The maximum atomic E-state index is 4.48. The Morgan fingerprint density at radius 2 is 2.40 bits per heavy atom. The Kier molecular flexibility index (Phi) is 1.10. The first-order chi connectivity index (χ1) is 4.75. The molecule has 10 heavy (non-hydrogen) atoms. The molecule has 2 atom stereocenters. The minimum atomic E-state index is 0.577. The Bertz CT molecular complexity index is 215. The second-order valence-electron chi connectivity index (χ2n) is 3.15. The molecule has 2 nitrogen and oxygen atoms in total. The van der Waals surface area contributed by atoms with Crippen LogP contribution in [0, 0.1) is 0 Å². The zero-order valence-electron chi connectivity index (χ0n) is 6.39. The molecule has 2 heteroatoms. The first kappa shape index (κ1) is 5.96. The number of rotatable bonds is 0. The van der Waals surface area contributed by atoms with Gasteiger partial charge in [0, 0.05) is 11.4 Å². The molecule has 2 rings (SSSR count). The van der Waals surface area contributed by atoms with Gasteiger partial charge in [-0.1, -0.05) is 0 Å². The molecule has 0 radical (unpaired) electrons. The molecule has 0 saturated heterocycles. The third-order valence-electron chi connectivity index (χ3n) is 1.96. The van der Waals surface area contributed by atoms with Gasteiger partial charge in [0.1, 0.15) is 0 Å². The highest BCUT2D eigenvalue weighted by Crippen LogP contribution is 2.28. The fourth-order valence-electron chi connectivity index (χ4n) is 1.43. The van der Waals surface area contributed by atoms with Crippen LogP contribution < -0.4 is 5.32 Å². The van der Waals surface area contributed by atoms with Gasteiger partial charge >= 0.3 is 0 Å². The highest BCUT2D eigenvalue weighted by molar-refractivity contribution is 5.93. The molecule has 0 aromatic rings. The molecule has 1 aliphatic heterocycles. The maximum Gasteiger partial charge on any atom is 0.0724 e. The first-order valence-corrected chi connectivity index (χ1v) is 3.75. The average molecular weight is 136 g/mol. The molecule has 1 heterocycles. The first-order valence-electron chi connectivity index (χ1n) is 3.75. The summed E-state index contributed by atoms with van der Waals surface area (Å²) in [5.41, 5.74) is 2.42. The number of nitrogens with zero attached hydrogens (tertiary/aromatic N) is 1. The van der Waals surface area contributed by atoms with E-state index in [1.54, 1.807) is 0 Å². The van der Waals surface area contributed by atoms with Crippen molar-refractivity contribution in [2.45, 2.75) is 32.4 Å². The number of fused-ring (bicyclic) bond motifs is 1. The molecule has 54 valence electrons. The van der Waals surface area contributed by atoms with Crippen LogP contribution in [0.5, 0.6) is 0 Å². The summed E-state index contributed by atoms with van der Waals surface area (Å²) in [6.45, 7) is 4.16. The van der Waals surface area contributed by atoms with Crippen LogP contribution in [-0.4, -0.2) is 17.8 Å². The van der Waals surface area contributed by atoms with Crippen molar-refractivity contribution < 1.29 is 0 Å². The minimum absolute atomic E-state index is 0.577. The summed E-state index contributed by atoms with van der Waals surface area (Å²) < 4.78 is 0. The van der Waals surface area contributed by atoms with E-state index in [1.807, 2.05) is 0 Å². The zero-order valence-corrected chi connectivity index (χ0v) is 6.39. The van der Waals surface area contributed by atoms with Crippen LogP contribution in [0.1, 0.15) is 20.3 Å². The van der Waals surface area contributed by atoms with Crippen LogP contribution >= 0.6 is 0 Å². The van der Waals surface area contributed by atoms with Crippen molar-refractivity contribution in [3.05, 3.63) is 11.8 Å². The van der Waals surface area contributed by atoms with Gasteiger partial charge in [0.05, 0.1) is 12.1 Å². The van der Waals surface area contributed by atoms with Gasteiger partial charge in [0.25, 0.3) is 0 Å². The van der Waals surface area contributed by atoms with Crippen LogP contribution in [0.3, 0.4) is 0 Å². The van der Waals surface area contributed by atoms with E-state index in [4.69, 9.17) is 0 Å². The lowest BCUT2D eigenvalue weighted by Gasteiger charge is -2.00. The molecule has 0 amide bonds. The molecular weight excluding hydrogens is 124 g/mol. The van der Waals surface area contributed by atoms with Crippen LogP contribution in [0.15, 0.2) is 16.8 Å². The Morgan fingerprint density at radius 3 is 3.20 bits per heavy atom. The van der Waals surface area contributed by atoms with E-state index in [9.17, 15) is 0 Å². The van der Waals surface area contributed by atoms with Gasteiger partial charge in [-0.05, 0) is 26.3 Å². The fraction of sp³-hybridized carbons (Fsp3) is 0.625. The minimum Gasteiger partial charge on any atom is -0.384 e. The third-order valence-corrected chi connectivity index (χ3v) is 1.96. The lowest BCUT2D eigenvalue weighted by molar-refractivity contribution is 0.783. The van der Waals surface area contributed by atoms with Crippen molar-refractivity contribution in [3.63, 3.8) is 0 Å². The predicted octanol–water partition coefficient (Wildman–Crippen LogP) is 1.10. The second kappa shape index (κ2) is 1.84. The van der Waals surface area contributed by atoms with E-state index >= 15 is 0 Å². The number of aliphatic imine (C=N–C) groups is 1. The van der Waals surface area contributed by atoms with Crippen molar-refractivity contribution in [2.24, 2.45) is 4.99 Å². The van der Waals surface area contributed by atoms with Gasteiger partial charge in [-0.2, -0.15) is 0 Å². The van der Waals surface area contributed by atoms with E-state index in [0.717, 1.165) is 5.71 Å². The molecular formula is C8H12N2. The van der Waals surface area contributed by atoms with E-state index in [-0.39, 0.29) is 0 Å². The van der Waals surface area contributed by atoms with Gasteiger partial charge in [0.15, 0.2) is 0 Å². The van der Waals surface area contributed by atoms with Crippen molar-refractivity contribution >= 4 is 5.71 Å². The fourth-order valence-corrected chi connectivity index (χ4v) is 1.43. The van der Waals surface area contributed by atoms with Gasteiger partial charge in [-0.15, -0.1) is 0 Å². The molecule has 1 saturated carbocycles. The van der Waals surface area contributed by atoms with E-state index in [1.165, 1.54) is 12.1 Å². The van der Waals surface area contributed by atoms with Crippen molar-refractivity contribution in [1.82, 2.24) is 5.32 Å². The Hall–Kier alpha value is -0.790. The lowest BCUT2D eigenvalue weighted by Crippen LogP contribution is -2.15. The molecule has 0 aromatic heterocycles. The van der Waals surface area contributed by atoms with Crippen molar-refractivity contribution in [3.8, 4) is 0 Å². The zero-order chi connectivity index (χ0) is 7.14. The van der Waals surface area contributed by atoms with Crippen LogP contribution in [0.4, 0.5) is 0 Å². The van der Waals surface area contributed by atoms with Gasteiger partial charge in [0.2, 0.25) is 0 Å². The number of hydrogen-bond acceptors (Lipinski definition) is 2. The molecule has 1 fully saturated rings. The quantitative estimate of drug-likeness (QED) is 0.529. The topological polar surface area (TPSA) is 24.4 Å². The monoisotopic (exact) mass is 136 g/mol. The van der Waals surface area contributed by atoms with Gasteiger partial charge in [-0.3, -0.25) is 4.99 Å². The summed E-state index contributed by atoms with van der Waals surface area (Å²) in [6, 6.07) is 1.22. The summed E-state index contributed by atoms with van der Waals surface area (Å²) >= 11 is 0. The largest absolute Gasteiger partial charge is 0.384 e. The van der Waals surface area contributed by atoms with Gasteiger partial charge < -0.3 is 5.32 Å². The molecule has 0 bridgehead atoms. The normalized spacial score (nSPS) is 36.6. The summed E-state index contributed by atoms with van der Waals surface area (Å²) in [5, 5.41) is 3.39. The van der Waals surface area contributed by atoms with E-state index in [2.05, 4.69) is 30.2 Å². The van der Waals surface area contributed by atoms with E-state index in [0.29, 0.717) is 12.1 Å². The Labute approximate surface area is 61.0 Å². The molecule has 2 aliphatic rings. The molecule has 0 spiro atoms. The Morgan fingerprint density at radius 1 is 1.60 bits per heavy atom. The summed E-state index contributed by atoms with van der Waals surface area (Å²) in [5.74, 6) is 0. The summed E-state index contributed by atoms with van der Waals surface area (Å²) in [4.78, 5) is 4.48. The van der Waals surface area contributed by atoms with Crippen molar-refractivity contribution in [1.29, 1.82) is 0 Å². The standard InChI is InChI=1S/C8H12N2/c1-5-3-6(2)10-8-4-7(8)9-5/h3,7-9H,4H2,1-2H3.